The molecule has 1 N–H and O–H groups in total. The molecular weight excluding hydrogens is 451 g/mol. The van der Waals surface area contributed by atoms with Gasteiger partial charge in [-0.25, -0.2) is 9.18 Å². The molecule has 2 aliphatic carbocycles. The molecule has 0 bridgehead atoms. The van der Waals surface area contributed by atoms with Crippen LogP contribution in [0.2, 0.25) is 5.02 Å². The van der Waals surface area contributed by atoms with Crippen molar-refractivity contribution >= 4 is 23.3 Å². The molecule has 34 heavy (non-hydrogen) atoms. The molecule has 2 aromatic carbocycles. The van der Waals surface area contributed by atoms with Crippen molar-refractivity contribution in [2.45, 2.75) is 44.1 Å². The van der Waals surface area contributed by atoms with Gasteiger partial charge in [0.15, 0.2) is 0 Å². The molecule has 0 aliphatic heterocycles. The lowest BCUT2D eigenvalue weighted by molar-refractivity contribution is 0.175. The van der Waals surface area contributed by atoms with Crippen LogP contribution in [-0.4, -0.2) is 49.1 Å². The number of urea groups is 1. The molecule has 0 unspecified atom stereocenters. The van der Waals surface area contributed by atoms with Crippen molar-refractivity contribution in [1.82, 2.24) is 9.80 Å². The summed E-state index contributed by atoms with van der Waals surface area (Å²) in [7, 11) is 4.10. The van der Waals surface area contributed by atoms with Gasteiger partial charge < -0.3 is 15.1 Å². The van der Waals surface area contributed by atoms with Gasteiger partial charge in [0.1, 0.15) is 5.82 Å². The summed E-state index contributed by atoms with van der Waals surface area (Å²) >= 11 is 5.93. The summed E-state index contributed by atoms with van der Waals surface area (Å²) in [6, 6.07) is 14.4. The molecule has 0 saturated heterocycles. The lowest BCUT2D eigenvalue weighted by Crippen LogP contribution is -2.44. The van der Waals surface area contributed by atoms with Gasteiger partial charge in [0, 0.05) is 23.7 Å². The lowest BCUT2D eigenvalue weighted by Gasteiger charge is -2.31. The zero-order valence-electron chi connectivity index (χ0n) is 20.0. The maximum atomic E-state index is 13.6. The Labute approximate surface area is 206 Å². The number of hydrogen-bond acceptors (Lipinski definition) is 3. The van der Waals surface area contributed by atoms with Crippen LogP contribution in [0.15, 0.2) is 42.5 Å². The first kappa shape index (κ1) is 24.5. The minimum Gasteiger partial charge on any atom is -0.321 e. The Balaban J connectivity index is 1.54. The number of amides is 2. The van der Waals surface area contributed by atoms with E-state index in [4.69, 9.17) is 11.6 Å². The lowest BCUT2D eigenvalue weighted by atomic mass is 9.90. The summed E-state index contributed by atoms with van der Waals surface area (Å²) in [4.78, 5) is 17.6. The van der Waals surface area contributed by atoms with Crippen molar-refractivity contribution in [2.24, 2.45) is 11.8 Å². The highest BCUT2D eigenvalue weighted by atomic mass is 35.5. The van der Waals surface area contributed by atoms with Crippen LogP contribution < -0.4 is 5.32 Å². The van der Waals surface area contributed by atoms with Crippen molar-refractivity contribution in [1.29, 1.82) is 5.26 Å². The normalized spacial score (nSPS) is 25.0. The Hall–Kier alpha value is -2.62. The molecule has 2 aromatic rings. The van der Waals surface area contributed by atoms with E-state index in [-0.39, 0.29) is 22.5 Å². The molecule has 2 aliphatic rings. The number of carbonyl (C=O) groups excluding carboxylic acids is 1. The van der Waals surface area contributed by atoms with Gasteiger partial charge in [0.05, 0.1) is 16.7 Å². The van der Waals surface area contributed by atoms with Gasteiger partial charge in [-0.15, -0.1) is 0 Å². The predicted molar refractivity (Wildman–Crippen MR) is 133 cm³/mol. The first-order valence-corrected chi connectivity index (χ1v) is 12.3. The van der Waals surface area contributed by atoms with Gasteiger partial charge in [-0.1, -0.05) is 30.7 Å². The van der Waals surface area contributed by atoms with E-state index in [1.54, 1.807) is 0 Å². The van der Waals surface area contributed by atoms with E-state index in [2.05, 4.69) is 43.4 Å². The molecule has 0 spiro atoms. The van der Waals surface area contributed by atoms with Gasteiger partial charge in [-0.3, -0.25) is 0 Å². The first-order valence-electron chi connectivity index (χ1n) is 12.0. The summed E-state index contributed by atoms with van der Waals surface area (Å²) in [5.41, 5.74) is 2.41. The number of halogens is 2. The quantitative estimate of drug-likeness (QED) is 0.477. The number of anilines is 1. The number of nitrogens with one attached hydrogen (secondary N) is 1. The molecule has 0 heterocycles. The zero-order chi connectivity index (χ0) is 24.5. The van der Waals surface area contributed by atoms with Crippen LogP contribution in [-0.2, 0) is 5.41 Å². The van der Waals surface area contributed by atoms with Gasteiger partial charge >= 0.3 is 6.03 Å². The van der Waals surface area contributed by atoms with E-state index in [9.17, 15) is 14.4 Å². The third-order valence-electron chi connectivity index (χ3n) is 7.72. The number of nitrogens with zero attached hydrogens (tertiary/aromatic N) is 3. The summed E-state index contributed by atoms with van der Waals surface area (Å²) in [5, 5.41) is 12.3. The van der Waals surface area contributed by atoms with E-state index in [0.717, 1.165) is 32.2 Å². The topological polar surface area (TPSA) is 59.4 Å². The number of unbranched alkanes of at least 4 members (excludes halogenated alkanes) is 1. The first-order chi connectivity index (χ1) is 16.3. The molecule has 7 heteroatoms. The smallest absolute Gasteiger partial charge is 0.321 e. The Bertz CT molecular complexity index is 1100. The fraction of sp³-hybridized carbons (Fsp3) is 0.481. The molecule has 0 radical (unpaired) electrons. The molecule has 0 aromatic heterocycles. The molecular formula is C27H32ClFN4O. The molecule has 2 saturated carbocycles. The average Bonchev–Trinajstić information content (AvgIpc) is 3.20. The van der Waals surface area contributed by atoms with E-state index < -0.39 is 5.82 Å². The number of carbonyl (C=O) groups is 1. The van der Waals surface area contributed by atoms with Gasteiger partial charge in [0.25, 0.3) is 0 Å². The highest BCUT2D eigenvalue weighted by molar-refractivity contribution is 6.31. The Kier molecular flexibility index (Phi) is 7.16. The maximum absolute atomic E-state index is 13.6. The summed E-state index contributed by atoms with van der Waals surface area (Å²) < 4.78 is 13.6. The summed E-state index contributed by atoms with van der Waals surface area (Å²) in [5.74, 6) is 0.294. The Morgan fingerprint density at radius 1 is 1.24 bits per heavy atom. The summed E-state index contributed by atoms with van der Waals surface area (Å²) in [6.45, 7) is 3.90. The van der Waals surface area contributed by atoms with E-state index in [0.29, 0.717) is 29.6 Å². The van der Waals surface area contributed by atoms with Crippen molar-refractivity contribution in [2.75, 3.05) is 32.5 Å². The maximum Gasteiger partial charge on any atom is 0.322 e. The number of rotatable bonds is 8. The van der Waals surface area contributed by atoms with Crippen LogP contribution in [0.1, 0.15) is 43.7 Å². The number of fused-ring (bicyclic) bond motifs is 1. The van der Waals surface area contributed by atoms with Gasteiger partial charge in [-0.05, 0) is 94.1 Å². The van der Waals surface area contributed by atoms with Crippen LogP contribution in [0.5, 0.6) is 0 Å². The van der Waals surface area contributed by atoms with Crippen LogP contribution in [0.4, 0.5) is 14.9 Å². The molecule has 2 fully saturated rings. The highest BCUT2D eigenvalue weighted by Gasteiger charge is 2.69. The van der Waals surface area contributed by atoms with Crippen LogP contribution >= 0.6 is 11.6 Å². The molecule has 180 valence electrons. The second-order valence-corrected chi connectivity index (χ2v) is 10.3. The van der Waals surface area contributed by atoms with Crippen molar-refractivity contribution < 1.29 is 9.18 Å². The SMILES string of the molecule is C[C@@H]1[C@@H]2[C@H](N(CCCCN(C)C)C(=O)Nc3ccc(F)c(Cl)c3)CC[C@@]21c1cccc(C#N)c1. The predicted octanol–water partition coefficient (Wildman–Crippen LogP) is 5.89. The van der Waals surface area contributed by atoms with E-state index >= 15 is 0 Å². The average molecular weight is 483 g/mol. The highest BCUT2D eigenvalue weighted by Crippen LogP contribution is 2.69. The van der Waals surface area contributed by atoms with Crippen LogP contribution in [0, 0.1) is 29.0 Å². The fourth-order valence-corrected chi connectivity index (χ4v) is 6.21. The van der Waals surface area contributed by atoms with Gasteiger partial charge in [0.2, 0.25) is 0 Å². The van der Waals surface area contributed by atoms with E-state index in [1.165, 1.54) is 23.8 Å². The van der Waals surface area contributed by atoms with Crippen LogP contribution in [0.25, 0.3) is 0 Å². The van der Waals surface area contributed by atoms with Crippen LogP contribution in [0.3, 0.4) is 0 Å². The van der Waals surface area contributed by atoms with Gasteiger partial charge in [-0.2, -0.15) is 5.26 Å². The number of benzene rings is 2. The molecule has 5 nitrogen and oxygen atoms in total. The van der Waals surface area contributed by atoms with Crippen molar-refractivity contribution in [3.8, 4) is 6.07 Å². The summed E-state index contributed by atoms with van der Waals surface area (Å²) in [6.07, 6.45) is 3.84. The monoisotopic (exact) mass is 482 g/mol. The molecule has 4 atom stereocenters. The minimum absolute atomic E-state index is 0.0107. The van der Waals surface area contributed by atoms with Crippen molar-refractivity contribution in [3.63, 3.8) is 0 Å². The largest absolute Gasteiger partial charge is 0.322 e. The third kappa shape index (κ3) is 4.64. The number of hydrogen-bond donors (Lipinski definition) is 1. The number of nitriles is 1. The zero-order valence-corrected chi connectivity index (χ0v) is 20.8. The third-order valence-corrected chi connectivity index (χ3v) is 8.01. The van der Waals surface area contributed by atoms with E-state index in [1.807, 2.05) is 23.1 Å². The second kappa shape index (κ2) is 9.93. The minimum atomic E-state index is -0.507. The Morgan fingerprint density at radius 2 is 2.00 bits per heavy atom. The Morgan fingerprint density at radius 3 is 2.68 bits per heavy atom. The fourth-order valence-electron chi connectivity index (χ4n) is 6.03. The standard InChI is InChI=1S/C27H32ClFN4O/c1-18-25-24(11-12-27(18,25)20-8-6-7-19(15-20)17-30)33(14-5-4-13-32(2)3)26(34)31-21-9-10-23(29)22(28)16-21/h6-10,15-16,18,24-25H,4-5,11-14H2,1-3H3,(H,31,34)/t18-,24-,25-,27-/m1/s1. The van der Waals surface area contributed by atoms with Crippen molar-refractivity contribution in [3.05, 3.63) is 64.4 Å². The molecule has 2 amide bonds. The molecule has 4 rings (SSSR count). The second-order valence-electron chi connectivity index (χ2n) is 9.92.